The average Bonchev–Trinajstić information content (AvgIpc) is 3.73. The quantitative estimate of drug-likeness (QED) is 0.310. The van der Waals surface area contributed by atoms with Gasteiger partial charge >= 0.3 is 6.18 Å². The minimum atomic E-state index is -4.62. The molecular weight excluding hydrogens is 551 g/mol. The third-order valence-corrected chi connectivity index (χ3v) is 6.36. The fourth-order valence-corrected chi connectivity index (χ4v) is 4.31. The van der Waals surface area contributed by atoms with Crippen LogP contribution < -0.4 is 10.1 Å². The van der Waals surface area contributed by atoms with Crippen molar-refractivity contribution in [2.45, 2.75) is 25.6 Å². The molecule has 1 N–H and O–H groups in total. The van der Waals surface area contributed by atoms with E-state index in [-0.39, 0.29) is 23.0 Å². The van der Waals surface area contributed by atoms with Crippen LogP contribution in [0.25, 0.3) is 11.3 Å². The van der Waals surface area contributed by atoms with Crippen molar-refractivity contribution in [3.8, 4) is 23.4 Å². The fraction of sp³-hybridized carbons (Fsp3) is 0.207. The first-order valence-electron chi connectivity index (χ1n) is 12.8. The Balaban J connectivity index is 1.23. The molecule has 1 saturated heterocycles. The molecule has 1 aliphatic heterocycles. The van der Waals surface area contributed by atoms with Gasteiger partial charge in [-0.25, -0.2) is 14.5 Å². The van der Waals surface area contributed by atoms with E-state index < -0.39 is 17.6 Å². The molecule has 1 aliphatic rings. The van der Waals surface area contributed by atoms with Crippen LogP contribution in [0.4, 0.5) is 18.9 Å². The number of carbonyl (C=O) groups excluding carboxylic acids is 1. The number of hydrogen-bond acceptors (Lipinski definition) is 7. The van der Waals surface area contributed by atoms with Crippen molar-refractivity contribution in [1.29, 1.82) is 0 Å². The van der Waals surface area contributed by atoms with E-state index in [1.54, 1.807) is 36.0 Å². The maximum Gasteiger partial charge on any atom is 0.416 e. The van der Waals surface area contributed by atoms with Crippen LogP contribution in [0.1, 0.15) is 39.3 Å². The summed E-state index contributed by atoms with van der Waals surface area (Å²) in [4.78, 5) is 25.5. The van der Waals surface area contributed by atoms with E-state index in [1.165, 1.54) is 35.4 Å². The number of anilines is 1. The van der Waals surface area contributed by atoms with Gasteiger partial charge in [-0.05, 0) is 43.2 Å². The molecule has 5 aromatic rings. The van der Waals surface area contributed by atoms with Gasteiger partial charge < -0.3 is 19.4 Å². The number of carbonyl (C=O) groups is 1. The topological polar surface area (TPSA) is 108 Å². The maximum absolute atomic E-state index is 13.6. The number of ether oxygens (including phenoxy) is 2. The zero-order valence-electron chi connectivity index (χ0n) is 22.1. The summed E-state index contributed by atoms with van der Waals surface area (Å²) in [5.74, 6) is 5.69. The average molecular weight is 574 g/mol. The lowest BCUT2D eigenvalue weighted by Gasteiger charge is -2.13. The number of benzene rings is 1. The van der Waals surface area contributed by atoms with Crippen molar-refractivity contribution in [2.75, 3.05) is 18.5 Å². The molecule has 212 valence electrons. The van der Waals surface area contributed by atoms with E-state index in [4.69, 9.17) is 9.47 Å². The van der Waals surface area contributed by atoms with E-state index in [0.29, 0.717) is 41.7 Å². The summed E-state index contributed by atoms with van der Waals surface area (Å²) in [7, 11) is 0. The van der Waals surface area contributed by atoms with E-state index in [1.807, 2.05) is 0 Å². The highest BCUT2D eigenvalue weighted by atomic mass is 19.4. The second-order valence-corrected chi connectivity index (χ2v) is 9.54. The van der Waals surface area contributed by atoms with Gasteiger partial charge in [-0.2, -0.15) is 13.2 Å². The lowest BCUT2D eigenvalue weighted by molar-refractivity contribution is -0.137. The molecule has 1 fully saturated rings. The molecule has 1 atom stereocenters. The van der Waals surface area contributed by atoms with Gasteiger partial charge in [0.1, 0.15) is 11.8 Å². The minimum absolute atomic E-state index is 0.0355. The Kier molecular flexibility index (Phi) is 7.05. The Labute approximate surface area is 237 Å². The molecular formula is C29H22F3N7O3. The van der Waals surface area contributed by atoms with Crippen LogP contribution in [0, 0.1) is 18.8 Å². The van der Waals surface area contributed by atoms with E-state index >= 15 is 0 Å². The summed E-state index contributed by atoms with van der Waals surface area (Å²) in [6.07, 6.45) is 3.43. The highest BCUT2D eigenvalue weighted by Gasteiger charge is 2.31. The summed E-state index contributed by atoms with van der Waals surface area (Å²) in [5.41, 5.74) is 1.47. The second-order valence-electron chi connectivity index (χ2n) is 9.54. The summed E-state index contributed by atoms with van der Waals surface area (Å²) in [5, 5.41) is 7.00. The van der Waals surface area contributed by atoms with Crippen LogP contribution in [0.2, 0.25) is 0 Å². The molecule has 0 spiro atoms. The number of nitrogens with one attached hydrogen (secondary N) is 1. The molecule has 0 radical (unpaired) electrons. The molecule has 13 heteroatoms. The Hall–Kier alpha value is -5.22. The molecule has 1 aromatic carbocycles. The van der Waals surface area contributed by atoms with Gasteiger partial charge in [0, 0.05) is 48.0 Å². The largest absolute Gasteiger partial charge is 0.471 e. The van der Waals surface area contributed by atoms with Crippen molar-refractivity contribution in [2.24, 2.45) is 0 Å². The van der Waals surface area contributed by atoms with Crippen molar-refractivity contribution in [3.05, 3.63) is 95.6 Å². The van der Waals surface area contributed by atoms with E-state index in [0.717, 1.165) is 18.6 Å². The normalized spacial score (nSPS) is 14.9. The first-order chi connectivity index (χ1) is 20.2. The van der Waals surface area contributed by atoms with Gasteiger partial charge in [0.2, 0.25) is 5.88 Å². The van der Waals surface area contributed by atoms with Crippen molar-refractivity contribution < 1.29 is 27.4 Å². The summed E-state index contributed by atoms with van der Waals surface area (Å²) >= 11 is 0. The predicted octanol–water partition coefficient (Wildman–Crippen LogP) is 4.46. The molecule has 0 aliphatic carbocycles. The lowest BCUT2D eigenvalue weighted by Crippen LogP contribution is -2.17. The van der Waals surface area contributed by atoms with E-state index in [9.17, 15) is 18.0 Å². The first-order valence-corrected chi connectivity index (χ1v) is 12.8. The summed E-state index contributed by atoms with van der Waals surface area (Å²) < 4.78 is 55.0. The number of rotatable bonds is 5. The Morgan fingerprint density at radius 1 is 1.12 bits per heavy atom. The monoisotopic (exact) mass is 573 g/mol. The summed E-state index contributed by atoms with van der Waals surface area (Å²) in [6.45, 7) is 2.87. The molecule has 0 bridgehead atoms. The number of aromatic nitrogens is 6. The SMILES string of the molecule is Cc1cn(-c2cc(NC(=O)c3cncc(C#Cc4cnc5ccc(O[C@@H]6CCOC6)nn45)c3)cc(C(F)(F)F)c2)cn1. The van der Waals surface area contributed by atoms with Crippen LogP contribution in [0.5, 0.6) is 5.88 Å². The lowest BCUT2D eigenvalue weighted by atomic mass is 10.1. The van der Waals surface area contributed by atoms with Crippen molar-refractivity contribution >= 4 is 17.2 Å². The van der Waals surface area contributed by atoms with Crippen LogP contribution in [0.15, 0.2) is 67.5 Å². The van der Waals surface area contributed by atoms with Gasteiger partial charge in [-0.3, -0.25) is 9.78 Å². The number of nitrogens with zero attached hydrogens (tertiary/aromatic N) is 6. The third-order valence-electron chi connectivity index (χ3n) is 6.36. The number of amides is 1. The minimum Gasteiger partial charge on any atom is -0.471 e. The van der Waals surface area contributed by atoms with Gasteiger partial charge in [-0.15, -0.1) is 5.10 Å². The van der Waals surface area contributed by atoms with Crippen LogP contribution >= 0.6 is 0 Å². The van der Waals surface area contributed by atoms with Gasteiger partial charge in [0.05, 0.1) is 42.6 Å². The van der Waals surface area contributed by atoms with E-state index in [2.05, 4.69) is 37.2 Å². The zero-order chi connectivity index (χ0) is 29.3. The zero-order valence-corrected chi connectivity index (χ0v) is 22.1. The van der Waals surface area contributed by atoms with Gasteiger partial charge in [0.15, 0.2) is 5.65 Å². The number of pyridine rings is 1. The maximum atomic E-state index is 13.6. The number of alkyl halides is 3. The molecule has 0 unspecified atom stereocenters. The van der Waals surface area contributed by atoms with Gasteiger partial charge in [-0.1, -0.05) is 5.92 Å². The van der Waals surface area contributed by atoms with Crippen molar-refractivity contribution in [3.63, 3.8) is 0 Å². The Morgan fingerprint density at radius 3 is 2.76 bits per heavy atom. The Morgan fingerprint density at radius 2 is 2.00 bits per heavy atom. The number of fused-ring (bicyclic) bond motifs is 1. The van der Waals surface area contributed by atoms with Crippen LogP contribution in [-0.4, -0.2) is 54.4 Å². The van der Waals surface area contributed by atoms with Gasteiger partial charge in [0.25, 0.3) is 5.91 Å². The van der Waals surface area contributed by atoms with Crippen LogP contribution in [-0.2, 0) is 10.9 Å². The van der Waals surface area contributed by atoms with Crippen LogP contribution in [0.3, 0.4) is 0 Å². The molecule has 1 amide bonds. The fourth-order valence-electron chi connectivity index (χ4n) is 4.31. The molecule has 5 heterocycles. The van der Waals surface area contributed by atoms with Crippen molar-refractivity contribution in [1.82, 2.24) is 29.1 Å². The number of aryl methyl sites for hydroxylation is 1. The number of imidazole rings is 2. The second kappa shape index (κ2) is 11.0. The highest BCUT2D eigenvalue weighted by molar-refractivity contribution is 6.04. The first kappa shape index (κ1) is 27.0. The number of halogens is 3. The standard InChI is InChI=1S/C29H22F3N7O3/c1-18-15-38(17-35-18)24-10-21(29(30,31)32)9-22(11-24)36-28(40)20-8-19(12-33-13-20)2-3-23-14-34-26-4-5-27(37-39(23)26)42-25-6-7-41-16-25/h4-5,8-15,17,25H,6-7,16H2,1H3,(H,36,40)/t25-/m1/s1. The molecule has 4 aromatic heterocycles. The number of hydrogen-bond donors (Lipinski definition) is 1. The Bertz CT molecular complexity index is 1850. The highest BCUT2D eigenvalue weighted by Crippen LogP contribution is 2.33. The molecule has 0 saturated carbocycles. The predicted molar refractivity (Wildman–Crippen MR) is 144 cm³/mol. The molecule has 10 nitrogen and oxygen atoms in total. The molecule has 42 heavy (non-hydrogen) atoms. The third kappa shape index (κ3) is 5.93. The molecule has 6 rings (SSSR count). The summed E-state index contributed by atoms with van der Waals surface area (Å²) in [6, 6.07) is 8.28. The smallest absolute Gasteiger partial charge is 0.416 e.